The van der Waals surface area contributed by atoms with Gasteiger partial charge in [0, 0.05) is 12.5 Å². The van der Waals surface area contributed by atoms with E-state index in [1.807, 2.05) is 0 Å². The zero-order valence-electron chi connectivity index (χ0n) is 11.9. The summed E-state index contributed by atoms with van der Waals surface area (Å²) in [6.45, 7) is 6.83. The van der Waals surface area contributed by atoms with E-state index in [0.29, 0.717) is 12.8 Å². The Morgan fingerprint density at radius 2 is 1.80 bits per heavy atom. The molecule has 0 aromatic carbocycles. The van der Waals surface area contributed by atoms with Gasteiger partial charge in [0.05, 0.1) is 5.92 Å². The Hall–Kier alpha value is -1.85. The lowest BCUT2D eigenvalue weighted by Gasteiger charge is -2.26. The quantitative estimate of drug-likeness (QED) is 0.362. The van der Waals surface area contributed by atoms with Gasteiger partial charge in [0.2, 0.25) is 0 Å². The third-order valence-corrected chi connectivity index (χ3v) is 2.95. The molecule has 2 unspecified atom stereocenters. The number of carboxylic acids is 2. The van der Waals surface area contributed by atoms with Crippen molar-refractivity contribution in [1.82, 2.24) is 0 Å². The number of carbonyl (C=O) groups is 3. The van der Waals surface area contributed by atoms with Crippen LogP contribution in [0.2, 0.25) is 0 Å². The summed E-state index contributed by atoms with van der Waals surface area (Å²) in [6, 6.07) is 0. The van der Waals surface area contributed by atoms with Gasteiger partial charge in [-0.05, 0) is 18.8 Å². The highest BCUT2D eigenvalue weighted by Gasteiger charge is 2.32. The molecule has 2 atom stereocenters. The second-order valence-corrected chi connectivity index (χ2v) is 4.93. The molecule has 0 aliphatic carbocycles. The fourth-order valence-electron chi connectivity index (χ4n) is 1.93. The minimum atomic E-state index is -1.05. The predicted molar refractivity (Wildman–Crippen MR) is 72.1 cm³/mol. The van der Waals surface area contributed by atoms with Crippen molar-refractivity contribution in [3.05, 3.63) is 12.7 Å². The Morgan fingerprint density at radius 3 is 2.20 bits per heavy atom. The number of esters is 1. The average molecular weight is 286 g/mol. The third-order valence-electron chi connectivity index (χ3n) is 2.95. The Kier molecular flexibility index (Phi) is 8.27. The highest BCUT2D eigenvalue weighted by molar-refractivity contribution is 5.82. The number of carboxylic acid groups (broad SMARTS) is 2. The topological polar surface area (TPSA) is 101 Å². The molecule has 0 bridgehead atoms. The first-order chi connectivity index (χ1) is 9.29. The summed E-state index contributed by atoms with van der Waals surface area (Å²) < 4.78 is 5.11. The molecular formula is C14H22O6. The van der Waals surface area contributed by atoms with Gasteiger partial charge in [-0.1, -0.05) is 26.8 Å². The van der Waals surface area contributed by atoms with Gasteiger partial charge in [-0.25, -0.2) is 4.79 Å². The van der Waals surface area contributed by atoms with E-state index in [0.717, 1.165) is 6.08 Å². The van der Waals surface area contributed by atoms with Crippen LogP contribution in [0.4, 0.5) is 0 Å². The van der Waals surface area contributed by atoms with E-state index in [1.165, 1.54) is 0 Å². The number of aliphatic carboxylic acids is 2. The lowest BCUT2D eigenvalue weighted by atomic mass is 9.88. The van der Waals surface area contributed by atoms with Crippen LogP contribution in [-0.4, -0.2) is 34.2 Å². The molecule has 0 heterocycles. The van der Waals surface area contributed by atoms with E-state index in [1.54, 1.807) is 13.8 Å². The zero-order valence-corrected chi connectivity index (χ0v) is 11.9. The van der Waals surface area contributed by atoms with E-state index < -0.39 is 29.9 Å². The lowest BCUT2D eigenvalue weighted by molar-refractivity contribution is -0.158. The fourth-order valence-corrected chi connectivity index (χ4v) is 1.93. The molecule has 0 amide bonds. The van der Waals surface area contributed by atoms with Crippen LogP contribution in [0.3, 0.4) is 0 Å². The normalized spacial score (nSPS) is 13.6. The van der Waals surface area contributed by atoms with Crippen molar-refractivity contribution in [3.8, 4) is 0 Å². The molecule has 0 aromatic heterocycles. The monoisotopic (exact) mass is 286 g/mol. The third kappa shape index (κ3) is 6.92. The largest absolute Gasteiger partial charge is 0.481 e. The van der Waals surface area contributed by atoms with E-state index in [-0.39, 0.29) is 18.8 Å². The highest BCUT2D eigenvalue weighted by Crippen LogP contribution is 2.23. The number of carbonyl (C=O) groups excluding carboxylic acids is 1. The van der Waals surface area contributed by atoms with Crippen LogP contribution in [0.1, 0.15) is 39.5 Å². The summed E-state index contributed by atoms with van der Waals surface area (Å²) in [6.07, 6.45) is 1.39. The standard InChI is InChI=1S/C14H22O6/c1-4-12(17)20-13(9(2)3)10(14(18)19)7-5-6-8-11(15)16/h4,9-10,13H,1,5-8H2,2-3H3,(H,15,16)(H,18,19). The van der Waals surface area contributed by atoms with Gasteiger partial charge in [0.25, 0.3) is 0 Å². The first-order valence-corrected chi connectivity index (χ1v) is 6.57. The lowest BCUT2D eigenvalue weighted by Crippen LogP contribution is -2.36. The van der Waals surface area contributed by atoms with Crippen molar-refractivity contribution in [2.75, 3.05) is 0 Å². The number of rotatable bonds is 10. The van der Waals surface area contributed by atoms with Crippen molar-refractivity contribution in [2.45, 2.75) is 45.6 Å². The smallest absolute Gasteiger partial charge is 0.330 e. The summed E-state index contributed by atoms with van der Waals surface area (Å²) in [5.74, 6) is -3.60. The Morgan fingerprint density at radius 1 is 1.20 bits per heavy atom. The van der Waals surface area contributed by atoms with Crippen LogP contribution in [0, 0.1) is 11.8 Å². The fraction of sp³-hybridized carbons (Fsp3) is 0.643. The maximum Gasteiger partial charge on any atom is 0.330 e. The van der Waals surface area contributed by atoms with Crippen molar-refractivity contribution in [2.24, 2.45) is 11.8 Å². The van der Waals surface area contributed by atoms with E-state index in [2.05, 4.69) is 6.58 Å². The molecule has 0 saturated carbocycles. The number of ether oxygens (including phenoxy) is 1. The Bertz CT molecular complexity index is 361. The zero-order chi connectivity index (χ0) is 15.7. The molecule has 2 N–H and O–H groups in total. The molecule has 20 heavy (non-hydrogen) atoms. The van der Waals surface area contributed by atoms with E-state index in [4.69, 9.17) is 9.84 Å². The second kappa shape index (κ2) is 9.12. The summed E-state index contributed by atoms with van der Waals surface area (Å²) in [4.78, 5) is 33.0. The molecule has 0 aromatic rings. The van der Waals surface area contributed by atoms with E-state index >= 15 is 0 Å². The second-order valence-electron chi connectivity index (χ2n) is 4.93. The molecule has 0 aliphatic heterocycles. The van der Waals surface area contributed by atoms with Crippen LogP contribution >= 0.6 is 0 Å². The molecule has 0 spiro atoms. The van der Waals surface area contributed by atoms with Crippen molar-refractivity contribution >= 4 is 17.9 Å². The van der Waals surface area contributed by atoms with Crippen LogP contribution in [0.5, 0.6) is 0 Å². The van der Waals surface area contributed by atoms with Crippen LogP contribution in [0.25, 0.3) is 0 Å². The maximum absolute atomic E-state index is 11.3. The number of hydrogen-bond acceptors (Lipinski definition) is 4. The maximum atomic E-state index is 11.3. The van der Waals surface area contributed by atoms with Gasteiger partial charge in [-0.15, -0.1) is 0 Å². The molecule has 114 valence electrons. The Balaban J connectivity index is 4.65. The summed E-state index contributed by atoms with van der Waals surface area (Å²) in [7, 11) is 0. The molecule has 6 nitrogen and oxygen atoms in total. The molecule has 0 saturated heterocycles. The first kappa shape index (κ1) is 18.1. The molecular weight excluding hydrogens is 264 g/mol. The minimum absolute atomic E-state index is 0.00509. The number of unbranched alkanes of at least 4 members (excludes halogenated alkanes) is 1. The average Bonchev–Trinajstić information content (AvgIpc) is 2.35. The molecule has 0 radical (unpaired) electrons. The van der Waals surface area contributed by atoms with Crippen LogP contribution < -0.4 is 0 Å². The number of hydrogen-bond donors (Lipinski definition) is 2. The van der Waals surface area contributed by atoms with E-state index in [9.17, 15) is 19.5 Å². The summed E-state index contributed by atoms with van der Waals surface area (Å²) in [5, 5.41) is 17.8. The highest BCUT2D eigenvalue weighted by atomic mass is 16.5. The van der Waals surface area contributed by atoms with Gasteiger partial charge >= 0.3 is 17.9 Å². The van der Waals surface area contributed by atoms with Crippen LogP contribution in [-0.2, 0) is 19.1 Å². The van der Waals surface area contributed by atoms with Gasteiger partial charge < -0.3 is 14.9 Å². The molecule has 0 aliphatic rings. The Labute approximate surface area is 118 Å². The van der Waals surface area contributed by atoms with Crippen molar-refractivity contribution in [1.29, 1.82) is 0 Å². The van der Waals surface area contributed by atoms with Crippen molar-refractivity contribution in [3.63, 3.8) is 0 Å². The summed E-state index contributed by atoms with van der Waals surface area (Å²) >= 11 is 0. The van der Waals surface area contributed by atoms with Crippen molar-refractivity contribution < 1.29 is 29.3 Å². The predicted octanol–water partition coefficient (Wildman–Crippen LogP) is 2.09. The molecule has 6 heteroatoms. The summed E-state index contributed by atoms with van der Waals surface area (Å²) in [5.41, 5.74) is 0. The molecule has 0 fully saturated rings. The first-order valence-electron chi connectivity index (χ1n) is 6.57. The van der Waals surface area contributed by atoms with Crippen LogP contribution in [0.15, 0.2) is 12.7 Å². The van der Waals surface area contributed by atoms with Gasteiger partial charge in [-0.3, -0.25) is 9.59 Å². The van der Waals surface area contributed by atoms with Gasteiger partial charge in [-0.2, -0.15) is 0 Å². The SMILES string of the molecule is C=CC(=O)OC(C(C)C)C(CCCCC(=O)O)C(=O)O. The minimum Gasteiger partial charge on any atom is -0.481 e. The van der Waals surface area contributed by atoms with Gasteiger partial charge in [0.1, 0.15) is 6.10 Å². The van der Waals surface area contributed by atoms with Gasteiger partial charge in [0.15, 0.2) is 0 Å². The molecule has 0 rings (SSSR count).